The minimum Gasteiger partial charge on any atom is -0.480 e. The van der Waals surface area contributed by atoms with Crippen molar-refractivity contribution in [1.82, 2.24) is 4.57 Å². The number of hydrogen-bond acceptors (Lipinski definition) is 2. The van der Waals surface area contributed by atoms with E-state index in [4.69, 9.17) is 5.11 Å². The maximum absolute atomic E-state index is 11.9. The Morgan fingerprint density at radius 2 is 1.81 bits per heavy atom. The Balaban J connectivity index is 3.05. The van der Waals surface area contributed by atoms with Crippen LogP contribution in [0.4, 0.5) is 0 Å². The second-order valence-electron chi connectivity index (χ2n) is 6.09. The maximum atomic E-state index is 11.9. The lowest BCUT2D eigenvalue weighted by Gasteiger charge is -2.56. The maximum Gasteiger partial charge on any atom is 0.326 e. The number of nitrogens with zero attached hydrogens (tertiary/aromatic N) is 1. The smallest absolute Gasteiger partial charge is 0.326 e. The summed E-state index contributed by atoms with van der Waals surface area (Å²) in [7, 11) is -2.05. The zero-order chi connectivity index (χ0) is 12.9. The first-order valence-corrected chi connectivity index (χ1v) is 8.52. The molecule has 1 aliphatic heterocycles. The van der Waals surface area contributed by atoms with E-state index < -0.39 is 20.2 Å². The van der Waals surface area contributed by atoms with Crippen molar-refractivity contribution in [2.45, 2.75) is 51.9 Å². The molecule has 92 valence electrons. The monoisotopic (exact) mass is 243 g/mol. The third kappa shape index (κ3) is 1.67. The summed E-state index contributed by atoms with van der Waals surface area (Å²) in [6.45, 7) is 12.1. The van der Waals surface area contributed by atoms with E-state index >= 15 is 0 Å². The average molecular weight is 243 g/mol. The number of carboxylic acids is 1. The third-order valence-electron chi connectivity index (χ3n) is 4.07. The van der Waals surface area contributed by atoms with Gasteiger partial charge in [0.25, 0.3) is 0 Å². The normalized spacial score (nSPS) is 26.6. The van der Waals surface area contributed by atoms with Crippen LogP contribution in [0.15, 0.2) is 0 Å². The lowest BCUT2D eigenvalue weighted by molar-refractivity contribution is -0.162. The molecule has 1 saturated heterocycles. The van der Waals surface area contributed by atoms with E-state index in [1.165, 1.54) is 0 Å². The summed E-state index contributed by atoms with van der Waals surface area (Å²) in [5.41, 5.74) is 0. The molecule has 0 aromatic rings. The SMILES string of the molecule is CC1C(=O)N([Si](C)(C)C(C)(C)C)C1C(=O)O. The van der Waals surface area contributed by atoms with Gasteiger partial charge in [-0.2, -0.15) is 0 Å². The first-order chi connectivity index (χ1) is 7.01. The van der Waals surface area contributed by atoms with Crippen LogP contribution in [0.1, 0.15) is 27.7 Å². The van der Waals surface area contributed by atoms with E-state index in [2.05, 4.69) is 33.9 Å². The zero-order valence-corrected chi connectivity index (χ0v) is 11.9. The van der Waals surface area contributed by atoms with Gasteiger partial charge in [-0.3, -0.25) is 4.79 Å². The van der Waals surface area contributed by atoms with E-state index in [0.29, 0.717) is 0 Å². The Morgan fingerprint density at radius 3 is 2.12 bits per heavy atom. The highest BCUT2D eigenvalue weighted by Crippen LogP contribution is 2.44. The summed E-state index contributed by atoms with van der Waals surface area (Å²) in [6.07, 6.45) is 0. The minimum absolute atomic E-state index is 0.000934. The number of carbonyl (C=O) groups excluding carboxylic acids is 1. The van der Waals surface area contributed by atoms with Gasteiger partial charge in [-0.15, -0.1) is 0 Å². The number of carboxylic acid groups (broad SMARTS) is 1. The summed E-state index contributed by atoms with van der Waals surface area (Å²) in [6, 6.07) is -0.617. The Bertz CT molecular complexity index is 333. The fourth-order valence-corrected chi connectivity index (χ4v) is 4.45. The van der Waals surface area contributed by atoms with Gasteiger partial charge < -0.3 is 9.67 Å². The molecule has 0 aromatic heterocycles. The van der Waals surface area contributed by atoms with Gasteiger partial charge in [0.1, 0.15) is 6.04 Å². The van der Waals surface area contributed by atoms with E-state index in [0.717, 1.165) is 0 Å². The number of carbonyl (C=O) groups is 2. The Labute approximate surface area is 97.7 Å². The van der Waals surface area contributed by atoms with Crippen molar-refractivity contribution in [3.8, 4) is 0 Å². The standard InChI is InChI=1S/C11H21NO3Si/c1-7-8(10(14)15)12(9(7)13)16(5,6)11(2,3)4/h7-8H,1-6H3,(H,14,15). The van der Waals surface area contributed by atoms with Crippen LogP contribution in [-0.4, -0.2) is 35.8 Å². The van der Waals surface area contributed by atoms with Gasteiger partial charge >= 0.3 is 5.97 Å². The van der Waals surface area contributed by atoms with Crippen LogP contribution in [0.2, 0.25) is 18.1 Å². The second kappa shape index (κ2) is 3.58. The fourth-order valence-electron chi connectivity index (χ4n) is 1.94. The molecule has 0 spiro atoms. The molecule has 2 unspecified atom stereocenters. The van der Waals surface area contributed by atoms with Crippen LogP contribution in [-0.2, 0) is 9.59 Å². The molecule has 1 N–H and O–H groups in total. The van der Waals surface area contributed by atoms with Crippen LogP contribution in [0.5, 0.6) is 0 Å². The first-order valence-electron chi connectivity index (χ1n) is 5.58. The van der Waals surface area contributed by atoms with Gasteiger partial charge in [-0.25, -0.2) is 4.79 Å². The molecule has 1 heterocycles. The van der Waals surface area contributed by atoms with E-state index in [1.807, 2.05) is 0 Å². The van der Waals surface area contributed by atoms with Crippen LogP contribution >= 0.6 is 0 Å². The largest absolute Gasteiger partial charge is 0.480 e. The average Bonchev–Trinajstić information content (AvgIpc) is 2.09. The van der Waals surface area contributed by atoms with Crippen LogP contribution in [0, 0.1) is 5.92 Å². The van der Waals surface area contributed by atoms with Crippen molar-refractivity contribution in [2.75, 3.05) is 0 Å². The molecule has 0 radical (unpaired) electrons. The van der Waals surface area contributed by atoms with Gasteiger partial charge in [-0.1, -0.05) is 40.8 Å². The van der Waals surface area contributed by atoms with Crippen molar-refractivity contribution < 1.29 is 14.7 Å². The minimum atomic E-state index is -2.05. The van der Waals surface area contributed by atoms with E-state index in [9.17, 15) is 9.59 Å². The summed E-state index contributed by atoms with van der Waals surface area (Å²) in [4.78, 5) is 23.0. The van der Waals surface area contributed by atoms with Crippen molar-refractivity contribution in [1.29, 1.82) is 0 Å². The predicted molar refractivity (Wildman–Crippen MR) is 64.6 cm³/mol. The molecule has 1 aliphatic rings. The van der Waals surface area contributed by atoms with Crippen molar-refractivity contribution >= 4 is 20.1 Å². The molecule has 5 heteroatoms. The number of β-lactam (4-membered cyclic amide) rings is 1. The molecule has 0 aromatic carbocycles. The van der Waals surface area contributed by atoms with Crippen molar-refractivity contribution in [2.24, 2.45) is 5.92 Å². The molecule has 0 bridgehead atoms. The molecule has 16 heavy (non-hydrogen) atoms. The highest BCUT2D eigenvalue weighted by atomic mass is 28.3. The summed E-state index contributed by atoms with van der Waals surface area (Å²) in [5, 5.41) is 9.13. The van der Waals surface area contributed by atoms with Gasteiger partial charge in [0.15, 0.2) is 8.24 Å². The van der Waals surface area contributed by atoms with E-state index in [-0.39, 0.29) is 16.9 Å². The number of aliphatic carboxylic acids is 1. The van der Waals surface area contributed by atoms with Crippen molar-refractivity contribution in [3.63, 3.8) is 0 Å². The predicted octanol–water partition coefficient (Wildman–Crippen LogP) is 1.92. The zero-order valence-electron chi connectivity index (χ0n) is 10.9. The molecular weight excluding hydrogens is 222 g/mol. The Morgan fingerprint density at radius 1 is 1.38 bits per heavy atom. The molecular formula is C11H21NO3Si. The number of rotatable bonds is 2. The molecule has 1 rings (SSSR count). The van der Waals surface area contributed by atoms with Crippen LogP contribution < -0.4 is 0 Å². The van der Waals surface area contributed by atoms with Crippen LogP contribution in [0.3, 0.4) is 0 Å². The summed E-state index contributed by atoms with van der Waals surface area (Å²) >= 11 is 0. The van der Waals surface area contributed by atoms with Gasteiger partial charge in [-0.05, 0) is 5.04 Å². The quantitative estimate of drug-likeness (QED) is 0.595. The second-order valence-corrected chi connectivity index (χ2v) is 11.2. The van der Waals surface area contributed by atoms with Gasteiger partial charge in [0.05, 0.1) is 5.92 Å². The molecule has 1 fully saturated rings. The Hall–Kier alpha value is -0.843. The lowest BCUT2D eigenvalue weighted by Crippen LogP contribution is -2.74. The summed E-state index contributed by atoms with van der Waals surface area (Å²) in [5.74, 6) is -1.25. The summed E-state index contributed by atoms with van der Waals surface area (Å²) < 4.78 is 1.65. The highest BCUT2D eigenvalue weighted by Gasteiger charge is 2.58. The molecule has 0 aliphatic carbocycles. The molecule has 0 saturated carbocycles. The number of amides is 1. The topological polar surface area (TPSA) is 57.6 Å². The highest BCUT2D eigenvalue weighted by molar-refractivity contribution is 6.80. The third-order valence-corrected chi connectivity index (χ3v) is 9.44. The molecule has 4 nitrogen and oxygen atoms in total. The Kier molecular flexibility index (Phi) is 2.96. The van der Waals surface area contributed by atoms with Crippen molar-refractivity contribution in [3.05, 3.63) is 0 Å². The number of hydrogen-bond donors (Lipinski definition) is 1. The van der Waals surface area contributed by atoms with Gasteiger partial charge in [0, 0.05) is 0 Å². The fraction of sp³-hybridized carbons (Fsp3) is 0.818. The first kappa shape index (κ1) is 13.2. The van der Waals surface area contributed by atoms with Gasteiger partial charge in [0.2, 0.25) is 5.91 Å². The molecule has 2 atom stereocenters. The lowest BCUT2D eigenvalue weighted by atomic mass is 9.93. The molecule has 1 amide bonds. The van der Waals surface area contributed by atoms with Crippen LogP contribution in [0.25, 0.3) is 0 Å². The van der Waals surface area contributed by atoms with E-state index in [1.54, 1.807) is 11.5 Å².